The van der Waals surface area contributed by atoms with Gasteiger partial charge in [0, 0.05) is 16.6 Å². The highest BCUT2D eigenvalue weighted by molar-refractivity contribution is 7.14. The van der Waals surface area contributed by atoms with Crippen LogP contribution in [0.3, 0.4) is 0 Å². The maximum Gasteiger partial charge on any atom is 0.187 e. The number of hydrogen-bond acceptors (Lipinski definition) is 4. The van der Waals surface area contributed by atoms with Crippen molar-refractivity contribution in [1.29, 1.82) is 0 Å². The van der Waals surface area contributed by atoms with Crippen LogP contribution < -0.4 is 5.32 Å². The molecule has 0 saturated carbocycles. The summed E-state index contributed by atoms with van der Waals surface area (Å²) in [5.41, 5.74) is 4.23. The molecule has 0 saturated heterocycles. The van der Waals surface area contributed by atoms with Crippen molar-refractivity contribution in [2.24, 2.45) is 0 Å². The van der Waals surface area contributed by atoms with Gasteiger partial charge in [0.2, 0.25) is 0 Å². The minimum atomic E-state index is 0.259. The predicted molar refractivity (Wildman–Crippen MR) is 83.7 cm³/mol. The molecule has 1 heterocycles. The molecule has 0 radical (unpaired) electrons. The van der Waals surface area contributed by atoms with Gasteiger partial charge in [-0.05, 0) is 37.3 Å². The second kappa shape index (κ2) is 5.35. The Labute approximate surface area is 121 Å². The van der Waals surface area contributed by atoms with Crippen molar-refractivity contribution < 1.29 is 5.11 Å². The molecule has 3 aromatic rings. The number of rotatable bonds is 3. The number of benzene rings is 2. The molecule has 0 aliphatic rings. The molecule has 0 unspecified atom stereocenters. The Kier molecular flexibility index (Phi) is 3.39. The molecule has 3 nitrogen and oxygen atoms in total. The lowest BCUT2D eigenvalue weighted by Gasteiger charge is -2.02. The van der Waals surface area contributed by atoms with E-state index >= 15 is 0 Å². The number of anilines is 2. The number of nitrogens with zero attached hydrogens (tertiary/aromatic N) is 1. The Hall–Kier alpha value is -2.33. The first kappa shape index (κ1) is 12.7. The lowest BCUT2D eigenvalue weighted by molar-refractivity contribution is 0.475. The van der Waals surface area contributed by atoms with Gasteiger partial charge < -0.3 is 10.4 Å². The highest BCUT2D eigenvalue weighted by Gasteiger charge is 2.05. The fourth-order valence-corrected chi connectivity index (χ4v) is 2.68. The highest BCUT2D eigenvalue weighted by Crippen LogP contribution is 2.28. The monoisotopic (exact) mass is 282 g/mol. The smallest absolute Gasteiger partial charge is 0.187 e. The largest absolute Gasteiger partial charge is 0.508 e. The zero-order valence-electron chi connectivity index (χ0n) is 11.0. The molecule has 4 heteroatoms. The third-order valence-corrected chi connectivity index (χ3v) is 3.69. The molecule has 20 heavy (non-hydrogen) atoms. The van der Waals surface area contributed by atoms with Gasteiger partial charge in [0.1, 0.15) is 5.75 Å². The van der Waals surface area contributed by atoms with E-state index in [0.29, 0.717) is 0 Å². The first-order valence-corrected chi connectivity index (χ1v) is 7.17. The molecular weight excluding hydrogens is 268 g/mol. The Morgan fingerprint density at radius 3 is 2.65 bits per heavy atom. The van der Waals surface area contributed by atoms with Gasteiger partial charge in [-0.15, -0.1) is 11.3 Å². The molecule has 2 N–H and O–H groups in total. The van der Waals surface area contributed by atoms with Crippen LogP contribution in [0.15, 0.2) is 53.9 Å². The SMILES string of the molecule is Cc1cccc(-c2csc(Nc3ccc(O)cc3)n2)c1. The van der Waals surface area contributed by atoms with Crippen molar-refractivity contribution in [1.82, 2.24) is 4.98 Å². The second-order valence-electron chi connectivity index (χ2n) is 4.58. The van der Waals surface area contributed by atoms with E-state index in [4.69, 9.17) is 0 Å². The third kappa shape index (κ3) is 2.81. The van der Waals surface area contributed by atoms with E-state index in [2.05, 4.69) is 35.4 Å². The second-order valence-corrected chi connectivity index (χ2v) is 5.44. The summed E-state index contributed by atoms with van der Waals surface area (Å²) in [5.74, 6) is 0.259. The van der Waals surface area contributed by atoms with Crippen molar-refractivity contribution in [2.75, 3.05) is 5.32 Å². The van der Waals surface area contributed by atoms with Crippen LogP contribution in [0, 0.1) is 6.92 Å². The number of phenolic OH excluding ortho intramolecular Hbond substituents is 1. The molecule has 2 aromatic carbocycles. The van der Waals surface area contributed by atoms with Gasteiger partial charge in [0.25, 0.3) is 0 Å². The molecule has 3 rings (SSSR count). The van der Waals surface area contributed by atoms with E-state index in [1.165, 1.54) is 5.56 Å². The van der Waals surface area contributed by atoms with E-state index in [1.54, 1.807) is 23.5 Å². The van der Waals surface area contributed by atoms with E-state index in [-0.39, 0.29) is 5.75 Å². The van der Waals surface area contributed by atoms with E-state index < -0.39 is 0 Å². The van der Waals surface area contributed by atoms with Gasteiger partial charge >= 0.3 is 0 Å². The lowest BCUT2D eigenvalue weighted by Crippen LogP contribution is -1.89. The molecule has 100 valence electrons. The van der Waals surface area contributed by atoms with Crippen LogP contribution >= 0.6 is 11.3 Å². The summed E-state index contributed by atoms with van der Waals surface area (Å²) < 4.78 is 0. The van der Waals surface area contributed by atoms with Crippen LogP contribution in [0.2, 0.25) is 0 Å². The van der Waals surface area contributed by atoms with Crippen molar-refractivity contribution in [3.63, 3.8) is 0 Å². The number of phenols is 1. The average Bonchev–Trinajstić information content (AvgIpc) is 2.90. The van der Waals surface area contributed by atoms with E-state index in [9.17, 15) is 5.11 Å². The number of thiazole rings is 1. The summed E-state index contributed by atoms with van der Waals surface area (Å²) in [4.78, 5) is 4.58. The van der Waals surface area contributed by atoms with Gasteiger partial charge in [0.05, 0.1) is 5.69 Å². The van der Waals surface area contributed by atoms with Gasteiger partial charge in [-0.1, -0.05) is 23.8 Å². The summed E-state index contributed by atoms with van der Waals surface area (Å²) in [6.45, 7) is 2.07. The number of aromatic nitrogens is 1. The summed E-state index contributed by atoms with van der Waals surface area (Å²) in [6, 6.07) is 15.2. The molecular formula is C16H14N2OS. The van der Waals surface area contributed by atoms with Gasteiger partial charge in [0.15, 0.2) is 5.13 Å². The number of hydrogen-bond donors (Lipinski definition) is 2. The first-order valence-electron chi connectivity index (χ1n) is 6.29. The first-order chi connectivity index (χ1) is 9.70. The van der Waals surface area contributed by atoms with Crippen LogP contribution in [0.5, 0.6) is 5.75 Å². The van der Waals surface area contributed by atoms with Crippen LogP contribution in [0.4, 0.5) is 10.8 Å². The fraction of sp³-hybridized carbons (Fsp3) is 0.0625. The molecule has 1 aromatic heterocycles. The molecule has 0 bridgehead atoms. The predicted octanol–water partition coefficient (Wildman–Crippen LogP) is 4.57. The van der Waals surface area contributed by atoms with E-state index in [1.807, 2.05) is 23.6 Å². The standard InChI is InChI=1S/C16H14N2OS/c1-11-3-2-4-12(9-11)15-10-20-16(18-15)17-13-5-7-14(19)8-6-13/h2-10,19H,1H3,(H,17,18). The normalized spacial score (nSPS) is 10.4. The molecule has 0 aliphatic carbocycles. The highest BCUT2D eigenvalue weighted by atomic mass is 32.1. The summed E-state index contributed by atoms with van der Waals surface area (Å²) in [5, 5.41) is 15.4. The van der Waals surface area contributed by atoms with Crippen LogP contribution in [-0.4, -0.2) is 10.1 Å². The summed E-state index contributed by atoms with van der Waals surface area (Å²) in [7, 11) is 0. The zero-order chi connectivity index (χ0) is 13.9. The van der Waals surface area contributed by atoms with Gasteiger partial charge in [-0.25, -0.2) is 4.98 Å². The van der Waals surface area contributed by atoms with Crippen LogP contribution in [0.25, 0.3) is 11.3 Å². The minimum Gasteiger partial charge on any atom is -0.508 e. The Bertz CT molecular complexity index is 719. The number of aromatic hydroxyl groups is 1. The van der Waals surface area contributed by atoms with Crippen LogP contribution in [-0.2, 0) is 0 Å². The van der Waals surface area contributed by atoms with E-state index in [0.717, 1.165) is 22.1 Å². The van der Waals surface area contributed by atoms with Crippen molar-refractivity contribution in [2.45, 2.75) is 6.92 Å². The van der Waals surface area contributed by atoms with Crippen molar-refractivity contribution in [3.8, 4) is 17.0 Å². The van der Waals surface area contributed by atoms with Crippen molar-refractivity contribution in [3.05, 3.63) is 59.5 Å². The number of nitrogens with one attached hydrogen (secondary N) is 1. The Morgan fingerprint density at radius 1 is 1.10 bits per heavy atom. The maximum atomic E-state index is 9.26. The average molecular weight is 282 g/mol. The minimum absolute atomic E-state index is 0.259. The maximum absolute atomic E-state index is 9.26. The molecule has 0 amide bonds. The molecule has 0 fully saturated rings. The summed E-state index contributed by atoms with van der Waals surface area (Å²) in [6.07, 6.45) is 0. The molecule has 0 spiro atoms. The van der Waals surface area contributed by atoms with Crippen LogP contribution in [0.1, 0.15) is 5.56 Å². The fourth-order valence-electron chi connectivity index (χ4n) is 1.94. The Balaban J connectivity index is 1.82. The zero-order valence-corrected chi connectivity index (χ0v) is 11.8. The molecule has 0 atom stereocenters. The molecule has 0 aliphatic heterocycles. The third-order valence-electron chi connectivity index (χ3n) is 2.94. The number of aryl methyl sites for hydroxylation is 1. The summed E-state index contributed by atoms with van der Waals surface area (Å²) >= 11 is 1.56. The van der Waals surface area contributed by atoms with Gasteiger partial charge in [-0.3, -0.25) is 0 Å². The van der Waals surface area contributed by atoms with Crippen molar-refractivity contribution >= 4 is 22.2 Å². The lowest BCUT2D eigenvalue weighted by atomic mass is 10.1. The van der Waals surface area contributed by atoms with Gasteiger partial charge in [-0.2, -0.15) is 0 Å². The topological polar surface area (TPSA) is 45.1 Å². The Morgan fingerprint density at radius 2 is 1.90 bits per heavy atom. The quantitative estimate of drug-likeness (QED) is 0.692.